The molecule has 84 valence electrons. The Labute approximate surface area is 87.8 Å². The third-order valence-corrected chi connectivity index (χ3v) is 2.39. The Morgan fingerprint density at radius 1 is 1.47 bits per heavy atom. The summed E-state index contributed by atoms with van der Waals surface area (Å²) in [5.74, 6) is -1.72. The van der Waals surface area contributed by atoms with Crippen molar-refractivity contribution in [3.63, 3.8) is 0 Å². The second kappa shape index (κ2) is 7.09. The third kappa shape index (κ3) is 5.93. The van der Waals surface area contributed by atoms with Crippen LogP contribution in [0.3, 0.4) is 0 Å². The van der Waals surface area contributed by atoms with E-state index in [4.69, 9.17) is 10.2 Å². The summed E-state index contributed by atoms with van der Waals surface area (Å²) in [6.07, 6.45) is 0.722. The van der Waals surface area contributed by atoms with Gasteiger partial charge in [-0.3, -0.25) is 4.79 Å². The van der Waals surface area contributed by atoms with Gasteiger partial charge in [0.2, 0.25) is 12.3 Å². The molecule has 0 aliphatic carbocycles. The van der Waals surface area contributed by atoms with Crippen molar-refractivity contribution in [1.29, 1.82) is 0 Å². The average molecular weight is 234 g/mol. The molecule has 6 nitrogen and oxygen atoms in total. The van der Waals surface area contributed by atoms with Crippen LogP contribution in [0.1, 0.15) is 13.3 Å². The lowest BCUT2D eigenvalue weighted by Gasteiger charge is -2.02. The van der Waals surface area contributed by atoms with Crippen molar-refractivity contribution < 1.29 is 24.4 Å². The van der Waals surface area contributed by atoms with E-state index in [1.165, 1.54) is 0 Å². The quantitative estimate of drug-likeness (QED) is 0.451. The molecule has 0 spiro atoms. The lowest BCUT2D eigenvalue weighted by atomic mass is 10.3. The van der Waals surface area contributed by atoms with Crippen molar-refractivity contribution in [2.45, 2.75) is 13.3 Å². The fourth-order valence-electron chi connectivity index (χ4n) is 0.681. The standard InChI is InChI=1S/C8H12NO5P/c1-2-7(11)9-6(8(12)13)3-4-15(14)5-10/h3,10H,2,4-5H2,1H3,(H-,9,11,12,13)/p+1. The molecule has 1 unspecified atom stereocenters. The molecule has 0 rings (SSSR count). The molecule has 0 saturated heterocycles. The zero-order valence-corrected chi connectivity index (χ0v) is 9.16. The molecule has 0 bridgehead atoms. The van der Waals surface area contributed by atoms with Crippen LogP contribution < -0.4 is 5.32 Å². The fraction of sp³-hybridized carbons (Fsp3) is 0.500. The van der Waals surface area contributed by atoms with Crippen molar-refractivity contribution in [3.05, 3.63) is 11.8 Å². The number of carboxylic acids is 1. The molecule has 15 heavy (non-hydrogen) atoms. The maximum absolute atomic E-state index is 10.9. The highest BCUT2D eigenvalue weighted by Crippen LogP contribution is 2.17. The summed E-state index contributed by atoms with van der Waals surface area (Å²) in [6.45, 7) is 1.59. The predicted molar refractivity (Wildman–Crippen MR) is 53.7 cm³/mol. The van der Waals surface area contributed by atoms with Crippen LogP contribution in [0, 0.1) is 0 Å². The first-order valence-corrected chi connectivity index (χ1v) is 5.90. The number of carbonyl (C=O) groups is 2. The number of allylic oxidation sites excluding steroid dienone is 1. The number of aliphatic hydroxyl groups excluding tert-OH is 1. The Kier molecular flexibility index (Phi) is 6.49. The van der Waals surface area contributed by atoms with Gasteiger partial charge in [0, 0.05) is 6.42 Å². The molecule has 0 heterocycles. The summed E-state index contributed by atoms with van der Waals surface area (Å²) < 4.78 is 10.8. The summed E-state index contributed by atoms with van der Waals surface area (Å²) >= 11 is 0. The minimum absolute atomic E-state index is 0.0720. The maximum Gasteiger partial charge on any atom is 0.370 e. The van der Waals surface area contributed by atoms with Crippen molar-refractivity contribution in [3.8, 4) is 0 Å². The highest BCUT2D eigenvalue weighted by Gasteiger charge is 2.15. The van der Waals surface area contributed by atoms with Gasteiger partial charge in [-0.2, -0.15) is 0 Å². The van der Waals surface area contributed by atoms with Crippen LogP contribution in [0.4, 0.5) is 0 Å². The van der Waals surface area contributed by atoms with Crippen LogP contribution in [0.15, 0.2) is 11.8 Å². The Morgan fingerprint density at radius 3 is 2.47 bits per heavy atom. The fourth-order valence-corrected chi connectivity index (χ4v) is 1.18. The van der Waals surface area contributed by atoms with E-state index < -0.39 is 26.0 Å². The molecule has 0 aliphatic heterocycles. The number of hydrogen-bond acceptors (Lipinski definition) is 4. The van der Waals surface area contributed by atoms with Crippen LogP contribution in [-0.4, -0.2) is 34.6 Å². The van der Waals surface area contributed by atoms with Crippen molar-refractivity contribution in [1.82, 2.24) is 5.32 Å². The molecule has 0 aromatic rings. The molecule has 1 amide bonds. The number of nitrogens with one attached hydrogen (secondary N) is 1. The van der Waals surface area contributed by atoms with Gasteiger partial charge in [0.25, 0.3) is 0 Å². The van der Waals surface area contributed by atoms with Crippen molar-refractivity contribution in [2.75, 3.05) is 12.5 Å². The Morgan fingerprint density at radius 2 is 2.07 bits per heavy atom. The predicted octanol–water partition coefficient (Wildman–Crippen LogP) is 0.258. The van der Waals surface area contributed by atoms with Gasteiger partial charge in [0.15, 0.2) is 6.16 Å². The largest absolute Gasteiger partial charge is 0.477 e. The molecule has 0 aromatic heterocycles. The highest BCUT2D eigenvalue weighted by atomic mass is 31.1. The van der Waals surface area contributed by atoms with E-state index in [0.717, 1.165) is 6.08 Å². The average Bonchev–Trinajstić information content (AvgIpc) is 2.22. The number of carboxylic acid groups (broad SMARTS) is 1. The summed E-state index contributed by atoms with van der Waals surface area (Å²) in [5.41, 5.74) is -0.307. The Bertz CT molecular complexity index is 299. The van der Waals surface area contributed by atoms with E-state index >= 15 is 0 Å². The SMILES string of the molecule is CCC(=O)NC(=CC[P+](=O)CO)C(=O)O. The smallest absolute Gasteiger partial charge is 0.370 e. The van der Waals surface area contributed by atoms with Gasteiger partial charge in [-0.1, -0.05) is 11.5 Å². The lowest BCUT2D eigenvalue weighted by Crippen LogP contribution is -2.26. The minimum Gasteiger partial charge on any atom is -0.477 e. The topological polar surface area (TPSA) is 104 Å². The van der Waals surface area contributed by atoms with Gasteiger partial charge in [-0.05, 0) is 6.08 Å². The maximum atomic E-state index is 10.9. The number of hydrogen-bond donors (Lipinski definition) is 3. The lowest BCUT2D eigenvalue weighted by molar-refractivity contribution is -0.134. The van der Waals surface area contributed by atoms with Crippen LogP contribution in [0.5, 0.6) is 0 Å². The van der Waals surface area contributed by atoms with E-state index in [2.05, 4.69) is 5.32 Å². The van der Waals surface area contributed by atoms with Crippen molar-refractivity contribution in [2.24, 2.45) is 0 Å². The molecule has 0 aromatic carbocycles. The van der Waals surface area contributed by atoms with E-state index in [1.54, 1.807) is 6.92 Å². The van der Waals surface area contributed by atoms with Crippen molar-refractivity contribution >= 4 is 19.7 Å². The second-order valence-corrected chi connectivity index (χ2v) is 4.24. The molecule has 0 radical (unpaired) electrons. The van der Waals surface area contributed by atoms with E-state index in [0.29, 0.717) is 0 Å². The first-order chi connectivity index (χ1) is 7.01. The van der Waals surface area contributed by atoms with Gasteiger partial charge in [0.1, 0.15) is 5.70 Å². The molecular weight excluding hydrogens is 221 g/mol. The summed E-state index contributed by atoms with van der Waals surface area (Å²) in [6, 6.07) is 0. The first kappa shape index (κ1) is 13.7. The zero-order chi connectivity index (χ0) is 11.8. The monoisotopic (exact) mass is 234 g/mol. The number of amides is 1. The first-order valence-electron chi connectivity index (χ1n) is 4.27. The van der Waals surface area contributed by atoms with E-state index in [-0.39, 0.29) is 18.3 Å². The minimum atomic E-state index is -1.85. The number of aliphatic carboxylic acids is 1. The number of aliphatic hydroxyl groups is 1. The third-order valence-electron chi connectivity index (χ3n) is 1.48. The van der Waals surface area contributed by atoms with Gasteiger partial charge in [-0.15, -0.1) is 0 Å². The zero-order valence-electron chi connectivity index (χ0n) is 8.27. The molecular formula is C8H13NO5P+. The summed E-state index contributed by atoms with van der Waals surface area (Å²) in [7, 11) is -1.85. The molecule has 7 heteroatoms. The second-order valence-electron chi connectivity index (χ2n) is 2.63. The van der Waals surface area contributed by atoms with Crippen LogP contribution in [-0.2, 0) is 14.2 Å². The number of carbonyl (C=O) groups excluding carboxylic acids is 1. The normalized spacial score (nSPS) is 12.1. The van der Waals surface area contributed by atoms with Crippen LogP contribution in [0.25, 0.3) is 0 Å². The van der Waals surface area contributed by atoms with Gasteiger partial charge in [-0.25, -0.2) is 4.79 Å². The Hall–Kier alpha value is -1.26. The van der Waals surface area contributed by atoms with Gasteiger partial charge >= 0.3 is 13.8 Å². The molecule has 3 N–H and O–H groups in total. The molecule has 0 saturated carbocycles. The Balaban J connectivity index is 4.45. The van der Waals surface area contributed by atoms with Crippen LogP contribution in [0.2, 0.25) is 0 Å². The van der Waals surface area contributed by atoms with Gasteiger partial charge < -0.3 is 15.5 Å². The number of rotatable bonds is 6. The van der Waals surface area contributed by atoms with Gasteiger partial charge in [0.05, 0.1) is 0 Å². The summed E-state index contributed by atoms with van der Waals surface area (Å²) in [5, 5.41) is 19.3. The molecule has 0 fully saturated rings. The highest BCUT2D eigenvalue weighted by molar-refractivity contribution is 7.44. The molecule has 0 aliphatic rings. The van der Waals surface area contributed by atoms with Crippen LogP contribution >= 0.6 is 7.80 Å². The van der Waals surface area contributed by atoms with E-state index in [1.807, 2.05) is 0 Å². The van der Waals surface area contributed by atoms with E-state index in [9.17, 15) is 14.2 Å². The molecule has 1 atom stereocenters. The summed E-state index contributed by atoms with van der Waals surface area (Å²) in [4.78, 5) is 21.5.